The molecule has 0 radical (unpaired) electrons. The van der Waals surface area contributed by atoms with Gasteiger partial charge in [0.2, 0.25) is 0 Å². The van der Waals surface area contributed by atoms with Crippen LogP contribution in [0.3, 0.4) is 0 Å². The first-order valence-corrected chi connectivity index (χ1v) is 6.59. The van der Waals surface area contributed by atoms with Crippen molar-refractivity contribution in [3.63, 3.8) is 0 Å². The Labute approximate surface area is 127 Å². The summed E-state index contributed by atoms with van der Waals surface area (Å²) in [5, 5.41) is 11.4. The van der Waals surface area contributed by atoms with E-state index in [1.807, 2.05) is 0 Å². The van der Waals surface area contributed by atoms with Gasteiger partial charge in [-0.15, -0.1) is 0 Å². The van der Waals surface area contributed by atoms with Gasteiger partial charge in [0.15, 0.2) is 17.5 Å². The maximum atomic E-state index is 12.1. The third-order valence-electron chi connectivity index (χ3n) is 3.16. The highest BCUT2D eigenvalue weighted by Crippen LogP contribution is 2.35. The van der Waals surface area contributed by atoms with E-state index in [9.17, 15) is 9.59 Å². The molecule has 0 aliphatic carbocycles. The number of carboxylic acid groups (broad SMARTS) is 1. The average Bonchev–Trinajstić information content (AvgIpc) is 2.53. The SMILES string of the molecule is COCC(NC(=O)C1=Cc2cccc(OC)c2OC1)C(=O)O. The molecule has 1 amide bonds. The zero-order chi connectivity index (χ0) is 16.1. The first-order chi connectivity index (χ1) is 10.6. The summed E-state index contributed by atoms with van der Waals surface area (Å²) in [4.78, 5) is 23.2. The second kappa shape index (κ2) is 6.95. The van der Waals surface area contributed by atoms with Crippen LogP contribution >= 0.6 is 0 Å². The lowest BCUT2D eigenvalue weighted by molar-refractivity contribution is -0.142. The Kier molecular flexibility index (Phi) is 5.00. The third-order valence-corrected chi connectivity index (χ3v) is 3.16. The Hall–Kier alpha value is -2.54. The zero-order valence-corrected chi connectivity index (χ0v) is 12.3. The van der Waals surface area contributed by atoms with Gasteiger partial charge in [-0.05, 0) is 12.1 Å². The average molecular weight is 307 g/mol. The van der Waals surface area contributed by atoms with Crippen molar-refractivity contribution in [2.75, 3.05) is 27.4 Å². The number of ether oxygens (including phenoxy) is 3. The van der Waals surface area contributed by atoms with Gasteiger partial charge < -0.3 is 24.6 Å². The molecule has 7 heteroatoms. The molecule has 1 aliphatic heterocycles. The van der Waals surface area contributed by atoms with E-state index in [1.165, 1.54) is 14.2 Å². The third kappa shape index (κ3) is 3.37. The number of fused-ring (bicyclic) bond motifs is 1. The van der Waals surface area contributed by atoms with Crippen molar-refractivity contribution in [1.82, 2.24) is 5.32 Å². The monoisotopic (exact) mass is 307 g/mol. The lowest BCUT2D eigenvalue weighted by Gasteiger charge is -2.21. The molecule has 2 N–H and O–H groups in total. The van der Waals surface area contributed by atoms with Gasteiger partial charge in [-0.2, -0.15) is 0 Å². The highest BCUT2D eigenvalue weighted by atomic mass is 16.5. The number of carboxylic acids is 1. The van der Waals surface area contributed by atoms with E-state index in [-0.39, 0.29) is 13.2 Å². The van der Waals surface area contributed by atoms with Crippen molar-refractivity contribution in [3.05, 3.63) is 29.3 Å². The molecule has 1 aromatic rings. The molecule has 2 rings (SSSR count). The van der Waals surface area contributed by atoms with E-state index in [0.717, 1.165) is 0 Å². The smallest absolute Gasteiger partial charge is 0.328 e. The summed E-state index contributed by atoms with van der Waals surface area (Å²) >= 11 is 0. The number of aliphatic carboxylic acids is 1. The molecule has 22 heavy (non-hydrogen) atoms. The largest absolute Gasteiger partial charge is 0.493 e. The lowest BCUT2D eigenvalue weighted by atomic mass is 10.1. The molecule has 0 fully saturated rings. The number of amides is 1. The highest BCUT2D eigenvalue weighted by molar-refractivity contribution is 6.01. The summed E-state index contributed by atoms with van der Waals surface area (Å²) in [5.74, 6) is -0.517. The van der Waals surface area contributed by atoms with Crippen LogP contribution in [-0.2, 0) is 14.3 Å². The molecule has 7 nitrogen and oxygen atoms in total. The van der Waals surface area contributed by atoms with Crippen molar-refractivity contribution in [2.24, 2.45) is 0 Å². The highest BCUT2D eigenvalue weighted by Gasteiger charge is 2.24. The van der Waals surface area contributed by atoms with Crippen LogP contribution in [0.25, 0.3) is 6.08 Å². The predicted molar refractivity (Wildman–Crippen MR) is 77.9 cm³/mol. The summed E-state index contributed by atoms with van der Waals surface area (Å²) < 4.78 is 15.5. The molecular formula is C15H17NO6. The number of methoxy groups -OCH3 is 2. The fourth-order valence-corrected chi connectivity index (χ4v) is 2.06. The van der Waals surface area contributed by atoms with Crippen LogP contribution in [0.4, 0.5) is 0 Å². The van der Waals surface area contributed by atoms with Crippen molar-refractivity contribution in [2.45, 2.75) is 6.04 Å². The summed E-state index contributed by atoms with van der Waals surface area (Å²) in [6.07, 6.45) is 1.66. The summed E-state index contributed by atoms with van der Waals surface area (Å²) in [6, 6.07) is 4.22. The standard InChI is InChI=1S/C15H17NO6/c1-20-8-11(15(18)19)16-14(17)10-6-9-4-3-5-12(21-2)13(9)22-7-10/h3-6,11H,7-8H2,1-2H3,(H,16,17)(H,18,19). The molecule has 118 valence electrons. The Morgan fingerprint density at radius 2 is 2.18 bits per heavy atom. The minimum Gasteiger partial charge on any atom is -0.493 e. The number of hydrogen-bond acceptors (Lipinski definition) is 5. The fraction of sp³-hybridized carbons (Fsp3) is 0.333. The number of benzene rings is 1. The van der Waals surface area contributed by atoms with Crippen LogP contribution in [-0.4, -0.2) is 50.5 Å². The summed E-state index contributed by atoms with van der Waals surface area (Å²) in [7, 11) is 2.90. The number of nitrogens with one attached hydrogen (secondary N) is 1. The van der Waals surface area contributed by atoms with Gasteiger partial charge in [0.25, 0.3) is 5.91 Å². The molecule has 1 unspecified atom stereocenters. The van der Waals surface area contributed by atoms with Crippen molar-refractivity contribution >= 4 is 18.0 Å². The van der Waals surface area contributed by atoms with E-state index >= 15 is 0 Å². The minimum atomic E-state index is -1.16. The molecule has 0 saturated heterocycles. The van der Waals surface area contributed by atoms with E-state index in [0.29, 0.717) is 22.6 Å². The summed E-state index contributed by atoms with van der Waals surface area (Å²) in [5.41, 5.74) is 1.04. The Balaban J connectivity index is 2.17. The van der Waals surface area contributed by atoms with Crippen LogP contribution in [0.1, 0.15) is 5.56 Å². The summed E-state index contributed by atoms with van der Waals surface area (Å²) in [6.45, 7) is -0.0713. The number of hydrogen-bond donors (Lipinski definition) is 2. The molecule has 1 heterocycles. The lowest BCUT2D eigenvalue weighted by Crippen LogP contribution is -2.45. The van der Waals surface area contributed by atoms with Crippen LogP contribution in [0.5, 0.6) is 11.5 Å². The molecule has 0 spiro atoms. The normalized spacial score (nSPS) is 14.2. The molecule has 1 atom stereocenters. The van der Waals surface area contributed by atoms with Gasteiger partial charge in [0, 0.05) is 12.7 Å². The molecule has 0 saturated carbocycles. The van der Waals surface area contributed by atoms with E-state index in [4.69, 9.17) is 19.3 Å². The first kappa shape index (κ1) is 15.8. The van der Waals surface area contributed by atoms with Gasteiger partial charge in [-0.3, -0.25) is 4.79 Å². The second-order valence-electron chi connectivity index (χ2n) is 4.66. The van der Waals surface area contributed by atoms with Crippen molar-refractivity contribution in [3.8, 4) is 11.5 Å². The van der Waals surface area contributed by atoms with Gasteiger partial charge in [0.1, 0.15) is 6.61 Å². The molecule has 1 aromatic carbocycles. The van der Waals surface area contributed by atoms with E-state index in [2.05, 4.69) is 5.32 Å². The number of rotatable bonds is 6. The van der Waals surface area contributed by atoms with Gasteiger partial charge in [-0.25, -0.2) is 4.79 Å². The fourth-order valence-electron chi connectivity index (χ4n) is 2.06. The molecule has 0 bridgehead atoms. The topological polar surface area (TPSA) is 94.1 Å². The van der Waals surface area contributed by atoms with Gasteiger partial charge >= 0.3 is 5.97 Å². The number of carbonyl (C=O) groups excluding carboxylic acids is 1. The van der Waals surface area contributed by atoms with Crippen LogP contribution in [0, 0.1) is 0 Å². The number of carbonyl (C=O) groups is 2. The Morgan fingerprint density at radius 1 is 1.41 bits per heavy atom. The Morgan fingerprint density at radius 3 is 2.82 bits per heavy atom. The molecular weight excluding hydrogens is 290 g/mol. The van der Waals surface area contributed by atoms with E-state index < -0.39 is 17.9 Å². The predicted octanol–water partition coefficient (Wildman–Crippen LogP) is 0.687. The van der Waals surface area contributed by atoms with Crippen LogP contribution in [0.15, 0.2) is 23.8 Å². The second-order valence-corrected chi connectivity index (χ2v) is 4.66. The zero-order valence-electron chi connectivity index (χ0n) is 12.3. The van der Waals surface area contributed by atoms with E-state index in [1.54, 1.807) is 24.3 Å². The van der Waals surface area contributed by atoms with Crippen molar-refractivity contribution < 1.29 is 28.9 Å². The van der Waals surface area contributed by atoms with Crippen LogP contribution < -0.4 is 14.8 Å². The van der Waals surface area contributed by atoms with Crippen LogP contribution in [0.2, 0.25) is 0 Å². The quantitative estimate of drug-likeness (QED) is 0.803. The minimum absolute atomic E-state index is 0.0402. The Bertz CT molecular complexity index is 610. The maximum Gasteiger partial charge on any atom is 0.328 e. The number of para-hydroxylation sites is 1. The van der Waals surface area contributed by atoms with Gasteiger partial charge in [-0.1, -0.05) is 12.1 Å². The molecule has 0 aromatic heterocycles. The first-order valence-electron chi connectivity index (χ1n) is 6.59. The van der Waals surface area contributed by atoms with Gasteiger partial charge in [0.05, 0.1) is 19.3 Å². The van der Waals surface area contributed by atoms with Crippen molar-refractivity contribution in [1.29, 1.82) is 0 Å². The maximum absolute atomic E-state index is 12.1. The molecule has 1 aliphatic rings.